The largest absolute Gasteiger partial charge is 0.426 e. The molecule has 0 spiro atoms. The zero-order valence-corrected chi connectivity index (χ0v) is 13.4. The number of hydrogen-bond acceptors (Lipinski definition) is 4. The van der Waals surface area contributed by atoms with Crippen molar-refractivity contribution in [3.63, 3.8) is 0 Å². The molecule has 22 heavy (non-hydrogen) atoms. The highest BCUT2D eigenvalue weighted by Gasteiger charge is 2.10. The molecule has 0 aliphatic heterocycles. The van der Waals surface area contributed by atoms with Gasteiger partial charge in [0, 0.05) is 6.42 Å². The van der Waals surface area contributed by atoms with E-state index in [1.165, 1.54) is 0 Å². The summed E-state index contributed by atoms with van der Waals surface area (Å²) in [5.74, 6) is 0.422. The molecule has 0 saturated carbocycles. The lowest BCUT2D eigenvalue weighted by Crippen LogP contribution is -2.09. The standard InChI is InChI=1S/C18H17NO2S/c1-12-7-8-15(13(2)11-12)21-18(20)10-9-17-19-14-5-3-4-6-16(14)22-17/h3-8,11H,9-10H2,1-2H3. The highest BCUT2D eigenvalue weighted by atomic mass is 32.1. The quantitative estimate of drug-likeness (QED) is 0.528. The molecule has 0 bridgehead atoms. The molecule has 1 heterocycles. The fourth-order valence-corrected chi connectivity index (χ4v) is 3.29. The topological polar surface area (TPSA) is 39.2 Å². The number of aryl methyl sites for hydroxylation is 3. The van der Waals surface area contributed by atoms with E-state index in [9.17, 15) is 4.79 Å². The summed E-state index contributed by atoms with van der Waals surface area (Å²) in [6.45, 7) is 3.97. The Morgan fingerprint density at radius 1 is 1.18 bits per heavy atom. The van der Waals surface area contributed by atoms with Gasteiger partial charge in [0.05, 0.1) is 21.6 Å². The van der Waals surface area contributed by atoms with Crippen LogP contribution in [0.25, 0.3) is 10.2 Å². The Morgan fingerprint density at radius 3 is 2.77 bits per heavy atom. The van der Waals surface area contributed by atoms with E-state index in [0.29, 0.717) is 18.6 Å². The van der Waals surface area contributed by atoms with E-state index in [2.05, 4.69) is 4.98 Å². The molecular weight excluding hydrogens is 294 g/mol. The second kappa shape index (κ2) is 6.28. The summed E-state index contributed by atoms with van der Waals surface area (Å²) in [7, 11) is 0. The smallest absolute Gasteiger partial charge is 0.311 e. The Bertz CT molecular complexity index is 790. The van der Waals surface area contributed by atoms with E-state index in [0.717, 1.165) is 26.4 Å². The van der Waals surface area contributed by atoms with Crippen LogP contribution in [0.5, 0.6) is 5.75 Å². The third kappa shape index (κ3) is 3.34. The molecular formula is C18H17NO2S. The van der Waals surface area contributed by atoms with Gasteiger partial charge in [-0.3, -0.25) is 4.79 Å². The summed E-state index contributed by atoms with van der Waals surface area (Å²) in [5, 5.41) is 0.971. The van der Waals surface area contributed by atoms with Crippen LogP contribution in [0.15, 0.2) is 42.5 Å². The van der Waals surface area contributed by atoms with E-state index < -0.39 is 0 Å². The minimum absolute atomic E-state index is 0.216. The number of hydrogen-bond donors (Lipinski definition) is 0. The number of benzene rings is 2. The van der Waals surface area contributed by atoms with Crippen molar-refractivity contribution in [2.75, 3.05) is 0 Å². The first-order valence-electron chi connectivity index (χ1n) is 7.24. The molecule has 0 atom stereocenters. The van der Waals surface area contributed by atoms with Crippen LogP contribution in [0.3, 0.4) is 0 Å². The maximum atomic E-state index is 12.0. The molecule has 3 nitrogen and oxygen atoms in total. The van der Waals surface area contributed by atoms with Gasteiger partial charge in [-0.25, -0.2) is 4.98 Å². The van der Waals surface area contributed by atoms with Crippen molar-refractivity contribution in [2.24, 2.45) is 0 Å². The third-order valence-corrected chi connectivity index (χ3v) is 4.53. The number of ether oxygens (including phenoxy) is 1. The molecule has 3 rings (SSSR count). The Kier molecular flexibility index (Phi) is 4.20. The lowest BCUT2D eigenvalue weighted by atomic mass is 10.1. The zero-order valence-electron chi connectivity index (χ0n) is 12.6. The number of nitrogens with zero attached hydrogens (tertiary/aromatic N) is 1. The molecule has 0 amide bonds. The van der Waals surface area contributed by atoms with Crippen LogP contribution in [0.1, 0.15) is 22.6 Å². The van der Waals surface area contributed by atoms with Gasteiger partial charge in [-0.2, -0.15) is 0 Å². The Hall–Kier alpha value is -2.20. The minimum Gasteiger partial charge on any atom is -0.426 e. The monoisotopic (exact) mass is 311 g/mol. The van der Waals surface area contributed by atoms with Gasteiger partial charge in [0.2, 0.25) is 0 Å². The molecule has 2 aromatic carbocycles. The highest BCUT2D eigenvalue weighted by Crippen LogP contribution is 2.23. The average Bonchev–Trinajstić information content (AvgIpc) is 2.91. The fraction of sp³-hybridized carbons (Fsp3) is 0.222. The van der Waals surface area contributed by atoms with E-state index >= 15 is 0 Å². The second-order valence-corrected chi connectivity index (χ2v) is 6.43. The van der Waals surface area contributed by atoms with E-state index in [-0.39, 0.29) is 5.97 Å². The highest BCUT2D eigenvalue weighted by molar-refractivity contribution is 7.18. The summed E-state index contributed by atoms with van der Waals surface area (Å²) < 4.78 is 6.59. The van der Waals surface area contributed by atoms with Gasteiger partial charge < -0.3 is 4.74 Å². The van der Waals surface area contributed by atoms with Gasteiger partial charge in [-0.1, -0.05) is 29.8 Å². The maximum absolute atomic E-state index is 12.0. The first-order chi connectivity index (χ1) is 10.6. The normalized spacial score (nSPS) is 10.8. The van der Waals surface area contributed by atoms with Crippen molar-refractivity contribution in [3.05, 3.63) is 58.6 Å². The van der Waals surface area contributed by atoms with Crippen molar-refractivity contribution >= 4 is 27.5 Å². The molecule has 112 valence electrons. The summed E-state index contributed by atoms with van der Waals surface area (Å²) in [5.41, 5.74) is 3.13. The fourth-order valence-electron chi connectivity index (χ4n) is 2.32. The van der Waals surface area contributed by atoms with Crippen LogP contribution >= 0.6 is 11.3 Å². The van der Waals surface area contributed by atoms with Crippen LogP contribution < -0.4 is 4.74 Å². The zero-order chi connectivity index (χ0) is 15.5. The first kappa shape index (κ1) is 14.7. The lowest BCUT2D eigenvalue weighted by molar-refractivity contribution is -0.134. The van der Waals surface area contributed by atoms with Crippen LogP contribution in [0.4, 0.5) is 0 Å². The molecule has 0 N–H and O–H groups in total. The number of rotatable bonds is 4. The third-order valence-electron chi connectivity index (χ3n) is 3.44. The first-order valence-corrected chi connectivity index (χ1v) is 8.06. The molecule has 0 aliphatic carbocycles. The van der Waals surface area contributed by atoms with Crippen LogP contribution in [-0.4, -0.2) is 11.0 Å². The lowest BCUT2D eigenvalue weighted by Gasteiger charge is -2.07. The van der Waals surface area contributed by atoms with Crippen LogP contribution in [0.2, 0.25) is 0 Å². The Morgan fingerprint density at radius 2 is 2.00 bits per heavy atom. The summed E-state index contributed by atoms with van der Waals surface area (Å²) in [6, 6.07) is 13.8. The maximum Gasteiger partial charge on any atom is 0.311 e. The summed E-state index contributed by atoms with van der Waals surface area (Å²) >= 11 is 1.63. The van der Waals surface area contributed by atoms with Gasteiger partial charge in [0.15, 0.2) is 0 Å². The molecule has 0 radical (unpaired) electrons. The van der Waals surface area contributed by atoms with Crippen molar-refractivity contribution < 1.29 is 9.53 Å². The predicted molar refractivity (Wildman–Crippen MR) is 89.5 cm³/mol. The van der Waals surface area contributed by atoms with Crippen molar-refractivity contribution in [2.45, 2.75) is 26.7 Å². The Labute approximate surface area is 133 Å². The predicted octanol–water partition coefficient (Wildman–Crippen LogP) is 4.45. The van der Waals surface area contributed by atoms with Gasteiger partial charge in [-0.15, -0.1) is 11.3 Å². The Balaban J connectivity index is 1.62. The number of carbonyl (C=O) groups excluding carboxylic acids is 1. The van der Waals surface area contributed by atoms with Gasteiger partial charge in [0.1, 0.15) is 5.75 Å². The van der Waals surface area contributed by atoms with Crippen molar-refractivity contribution in [1.82, 2.24) is 4.98 Å². The minimum atomic E-state index is -0.216. The average molecular weight is 311 g/mol. The van der Waals surface area contributed by atoms with Crippen molar-refractivity contribution in [3.8, 4) is 5.75 Å². The molecule has 0 unspecified atom stereocenters. The van der Waals surface area contributed by atoms with Crippen LogP contribution in [-0.2, 0) is 11.2 Å². The van der Waals surface area contributed by atoms with Gasteiger partial charge in [0.25, 0.3) is 0 Å². The molecule has 4 heteroatoms. The van der Waals surface area contributed by atoms with E-state index in [1.807, 2.05) is 56.3 Å². The molecule has 3 aromatic rings. The summed E-state index contributed by atoms with van der Waals surface area (Å²) in [6.07, 6.45) is 0.955. The number of thiazole rings is 1. The van der Waals surface area contributed by atoms with E-state index in [1.54, 1.807) is 11.3 Å². The second-order valence-electron chi connectivity index (χ2n) is 5.32. The van der Waals surface area contributed by atoms with Gasteiger partial charge >= 0.3 is 5.97 Å². The van der Waals surface area contributed by atoms with Crippen molar-refractivity contribution in [1.29, 1.82) is 0 Å². The molecule has 0 fully saturated rings. The summed E-state index contributed by atoms with van der Waals surface area (Å²) in [4.78, 5) is 16.5. The number of esters is 1. The number of carbonyl (C=O) groups is 1. The number of para-hydroxylation sites is 1. The van der Waals surface area contributed by atoms with Crippen LogP contribution in [0, 0.1) is 13.8 Å². The van der Waals surface area contributed by atoms with Gasteiger partial charge in [-0.05, 0) is 37.6 Å². The SMILES string of the molecule is Cc1ccc(OC(=O)CCc2nc3ccccc3s2)c(C)c1. The molecule has 0 aliphatic rings. The number of fused-ring (bicyclic) bond motifs is 1. The molecule has 0 saturated heterocycles. The van der Waals surface area contributed by atoms with E-state index in [4.69, 9.17) is 4.74 Å². The molecule has 1 aromatic heterocycles. The number of aromatic nitrogens is 1.